The van der Waals surface area contributed by atoms with Gasteiger partial charge in [0.05, 0.1) is 17.4 Å². The van der Waals surface area contributed by atoms with Crippen LogP contribution in [0.15, 0.2) is 0 Å². The molecule has 158 valence electrons. The molecule has 3 N–H and O–H groups in total. The van der Waals surface area contributed by atoms with Crippen molar-refractivity contribution in [1.29, 1.82) is 0 Å². The van der Waals surface area contributed by atoms with Crippen molar-refractivity contribution in [2.45, 2.75) is 86.5 Å². The third kappa shape index (κ3) is 4.31. The number of carbonyl (C=O) groups is 2. The lowest BCUT2D eigenvalue weighted by atomic mass is 9.70. The highest BCUT2D eigenvalue weighted by Gasteiger charge is 2.62. The Kier molecular flexibility index (Phi) is 5.87. The van der Waals surface area contributed by atoms with Crippen molar-refractivity contribution in [3.05, 3.63) is 0 Å². The molecule has 8 heteroatoms. The predicted octanol–water partition coefficient (Wildman–Crippen LogP) is 1.80. The molecular weight excluding hydrogens is 385 g/mol. The van der Waals surface area contributed by atoms with E-state index < -0.39 is 11.5 Å². The van der Waals surface area contributed by atoms with E-state index in [9.17, 15) is 14.0 Å². The summed E-state index contributed by atoms with van der Waals surface area (Å²) in [5, 5.41) is 9.22. The average Bonchev–Trinajstić information content (AvgIpc) is 3.18. The number of hydrogen-bond acceptors (Lipinski definition) is 4. The van der Waals surface area contributed by atoms with E-state index in [2.05, 4.69) is 16.0 Å². The van der Waals surface area contributed by atoms with E-state index >= 15 is 0 Å². The Bertz CT molecular complexity index is 608. The van der Waals surface area contributed by atoms with Crippen molar-refractivity contribution in [1.82, 2.24) is 16.0 Å². The highest BCUT2D eigenvalue weighted by molar-refractivity contribution is 6.21. The van der Waals surface area contributed by atoms with Crippen LogP contribution in [0.4, 0.5) is 4.39 Å². The van der Waals surface area contributed by atoms with Crippen LogP contribution in [0.5, 0.6) is 0 Å². The molecule has 1 aliphatic heterocycles. The highest BCUT2D eigenvalue weighted by Crippen LogP contribution is 2.55. The van der Waals surface area contributed by atoms with Crippen LogP contribution in [0.2, 0.25) is 0 Å². The second-order valence-corrected chi connectivity index (χ2v) is 9.83. The maximum absolute atomic E-state index is 13.7. The monoisotopic (exact) mass is 415 g/mol. The van der Waals surface area contributed by atoms with Gasteiger partial charge in [-0.25, -0.2) is 4.39 Å². The van der Waals surface area contributed by atoms with Crippen LogP contribution in [-0.4, -0.2) is 60.2 Å². The van der Waals surface area contributed by atoms with Crippen LogP contribution >= 0.6 is 11.6 Å². The van der Waals surface area contributed by atoms with Gasteiger partial charge in [-0.15, -0.1) is 11.6 Å². The first-order valence-electron chi connectivity index (χ1n) is 10.6. The predicted molar refractivity (Wildman–Crippen MR) is 104 cm³/mol. The molecule has 0 aromatic rings. The minimum atomic E-state index is -1.06. The first-order chi connectivity index (χ1) is 13.4. The number of nitrogens with one attached hydrogen (secondary N) is 3. The number of rotatable bonds is 6. The Hall–Kier alpha value is -0.920. The number of hydrogen-bond donors (Lipinski definition) is 3. The second-order valence-electron chi connectivity index (χ2n) is 9.27. The highest BCUT2D eigenvalue weighted by atomic mass is 35.5. The molecule has 4 atom stereocenters. The van der Waals surface area contributed by atoms with E-state index in [0.29, 0.717) is 12.8 Å². The summed E-state index contributed by atoms with van der Waals surface area (Å²) >= 11 is 5.89. The topological polar surface area (TPSA) is 79.5 Å². The van der Waals surface area contributed by atoms with Gasteiger partial charge < -0.3 is 20.7 Å². The van der Waals surface area contributed by atoms with Crippen LogP contribution in [0.1, 0.15) is 57.8 Å². The molecule has 5 fully saturated rings. The lowest BCUT2D eigenvalue weighted by Gasteiger charge is -2.48. The lowest BCUT2D eigenvalue weighted by molar-refractivity contribution is -0.132. The third-order valence-electron chi connectivity index (χ3n) is 6.99. The molecule has 0 aromatic carbocycles. The van der Waals surface area contributed by atoms with Gasteiger partial charge in [0, 0.05) is 24.0 Å². The van der Waals surface area contributed by atoms with E-state index in [-0.39, 0.29) is 47.9 Å². The fourth-order valence-corrected chi connectivity index (χ4v) is 5.76. The van der Waals surface area contributed by atoms with Gasteiger partial charge in [0.2, 0.25) is 11.8 Å². The van der Waals surface area contributed by atoms with E-state index in [1.807, 2.05) is 0 Å². The molecule has 5 rings (SSSR count). The number of alkyl halides is 2. The molecule has 0 aromatic heterocycles. The molecule has 6 nitrogen and oxygen atoms in total. The fraction of sp³-hybridized carbons (Fsp3) is 0.900. The molecule has 4 aliphatic carbocycles. The normalized spacial score (nSPS) is 42.5. The van der Waals surface area contributed by atoms with E-state index in [4.69, 9.17) is 16.3 Å². The smallest absolute Gasteiger partial charge is 0.246 e. The van der Waals surface area contributed by atoms with Gasteiger partial charge in [0.15, 0.2) is 0 Å². The Morgan fingerprint density at radius 1 is 1.14 bits per heavy atom. The summed E-state index contributed by atoms with van der Waals surface area (Å²) in [4.78, 5) is 24.9. The van der Waals surface area contributed by atoms with Crippen LogP contribution in [0.25, 0.3) is 0 Å². The van der Waals surface area contributed by atoms with Crippen molar-refractivity contribution >= 4 is 23.4 Å². The van der Waals surface area contributed by atoms with Crippen LogP contribution in [-0.2, 0) is 14.3 Å². The van der Waals surface area contributed by atoms with Crippen LogP contribution < -0.4 is 16.0 Å². The molecule has 2 amide bonds. The van der Waals surface area contributed by atoms with Gasteiger partial charge in [-0.3, -0.25) is 9.59 Å². The quantitative estimate of drug-likeness (QED) is 0.578. The Morgan fingerprint density at radius 2 is 1.89 bits per heavy atom. The van der Waals surface area contributed by atoms with Crippen molar-refractivity contribution in [3.8, 4) is 0 Å². The average molecular weight is 416 g/mol. The lowest BCUT2D eigenvalue weighted by Crippen LogP contribution is -2.65. The number of fused-ring (bicyclic) bond motifs is 1. The SMILES string of the molecule is O=C(COC1CCC(Cl)C(F)C1)NC12CCC(NC(=O)C3CCCNC3)(C1)C2. The molecule has 1 heterocycles. The molecule has 4 saturated carbocycles. The fourth-order valence-electron chi connectivity index (χ4n) is 5.54. The van der Waals surface area contributed by atoms with E-state index in [1.165, 1.54) is 0 Å². The van der Waals surface area contributed by atoms with Crippen molar-refractivity contribution in [2.75, 3.05) is 19.7 Å². The zero-order chi connectivity index (χ0) is 19.8. The van der Waals surface area contributed by atoms with E-state index in [1.54, 1.807) is 0 Å². The van der Waals surface area contributed by atoms with Crippen molar-refractivity contribution in [2.24, 2.45) is 5.92 Å². The summed E-state index contributed by atoms with van der Waals surface area (Å²) in [6, 6.07) is 0. The Morgan fingerprint density at radius 3 is 2.57 bits per heavy atom. The number of piperidine rings is 1. The van der Waals surface area contributed by atoms with Gasteiger partial charge in [0.25, 0.3) is 0 Å². The standard InChI is InChI=1S/C20H31ClFN3O3/c21-15-4-3-14(8-16(15)22)28-10-17(26)24-19-5-6-20(11-19,12-19)25-18(27)13-2-1-7-23-9-13/h13-16,23H,1-12H2,(H,24,26)(H,25,27). The second kappa shape index (κ2) is 8.07. The Balaban J connectivity index is 1.19. The van der Waals surface area contributed by atoms with Crippen molar-refractivity contribution in [3.63, 3.8) is 0 Å². The number of ether oxygens (including phenoxy) is 1. The molecule has 4 unspecified atom stereocenters. The summed E-state index contributed by atoms with van der Waals surface area (Å²) < 4.78 is 19.3. The van der Waals surface area contributed by atoms with Crippen molar-refractivity contribution < 1.29 is 18.7 Å². The first kappa shape index (κ1) is 20.4. The first-order valence-corrected chi connectivity index (χ1v) is 11.1. The molecule has 28 heavy (non-hydrogen) atoms. The molecule has 5 aliphatic rings. The molecular formula is C20H31ClFN3O3. The van der Waals surface area contributed by atoms with E-state index in [0.717, 1.165) is 51.6 Å². The number of carbonyl (C=O) groups excluding carboxylic acids is 2. The number of halogens is 2. The van der Waals surface area contributed by atoms with Crippen LogP contribution in [0.3, 0.4) is 0 Å². The summed E-state index contributed by atoms with van der Waals surface area (Å²) in [5.41, 5.74) is -0.363. The van der Waals surface area contributed by atoms with Gasteiger partial charge >= 0.3 is 0 Å². The van der Waals surface area contributed by atoms with Gasteiger partial charge in [-0.1, -0.05) is 0 Å². The number of amides is 2. The molecule has 0 spiro atoms. The zero-order valence-electron chi connectivity index (χ0n) is 16.3. The van der Waals surface area contributed by atoms with Gasteiger partial charge in [-0.05, 0) is 57.9 Å². The molecule has 0 radical (unpaired) electrons. The summed E-state index contributed by atoms with van der Waals surface area (Å²) in [7, 11) is 0. The van der Waals surface area contributed by atoms with Gasteiger partial charge in [-0.2, -0.15) is 0 Å². The minimum absolute atomic E-state index is 0.0425. The largest absolute Gasteiger partial charge is 0.368 e. The maximum Gasteiger partial charge on any atom is 0.246 e. The zero-order valence-corrected chi connectivity index (χ0v) is 17.0. The molecule has 1 saturated heterocycles. The summed E-state index contributed by atoms with van der Waals surface area (Å²) in [5.74, 6) is 0.0545. The van der Waals surface area contributed by atoms with Crippen LogP contribution in [0, 0.1) is 5.92 Å². The summed E-state index contributed by atoms with van der Waals surface area (Å²) in [6.45, 7) is 1.71. The molecule has 2 bridgehead atoms. The Labute approximate surface area is 170 Å². The van der Waals surface area contributed by atoms with Gasteiger partial charge in [0.1, 0.15) is 12.8 Å². The maximum atomic E-state index is 13.7. The minimum Gasteiger partial charge on any atom is -0.368 e. The summed E-state index contributed by atoms with van der Waals surface area (Å²) in [6.07, 6.45) is 5.60. The third-order valence-corrected chi connectivity index (χ3v) is 7.48.